The van der Waals surface area contributed by atoms with E-state index in [4.69, 9.17) is 4.74 Å². The van der Waals surface area contributed by atoms with Crippen molar-refractivity contribution in [3.63, 3.8) is 0 Å². The molecule has 1 saturated heterocycles. The first-order valence-electron chi connectivity index (χ1n) is 7.71. The maximum Gasteiger partial charge on any atom is 0.254 e. The Morgan fingerprint density at radius 2 is 1.87 bits per heavy atom. The van der Waals surface area contributed by atoms with Gasteiger partial charge in [-0.25, -0.2) is 9.97 Å². The Morgan fingerprint density at radius 1 is 1.22 bits per heavy atom. The molecular weight excluding hydrogens is 292 g/mol. The van der Waals surface area contributed by atoms with Crippen LogP contribution in [0.25, 0.3) is 0 Å². The van der Waals surface area contributed by atoms with Crippen molar-refractivity contribution in [2.24, 2.45) is 0 Å². The quantitative estimate of drug-likeness (QED) is 0.917. The summed E-state index contributed by atoms with van der Waals surface area (Å²) in [5.74, 6) is 1.41. The fourth-order valence-corrected chi connectivity index (χ4v) is 2.42. The molecule has 2 aromatic rings. The number of hydrogen-bond donors (Lipinski definition) is 1. The lowest BCUT2D eigenvalue weighted by molar-refractivity contribution is 0.0624. The number of amides is 1. The summed E-state index contributed by atoms with van der Waals surface area (Å²) < 4.78 is 5.58. The Kier molecular flexibility index (Phi) is 4.41. The normalized spacial score (nSPS) is 14.5. The van der Waals surface area contributed by atoms with E-state index in [9.17, 15) is 4.79 Å². The van der Waals surface area contributed by atoms with Crippen molar-refractivity contribution in [1.82, 2.24) is 14.9 Å². The Labute approximate surface area is 135 Å². The summed E-state index contributed by atoms with van der Waals surface area (Å²) in [6.07, 6.45) is 3.51. The fraction of sp³-hybridized carbons (Fsp3) is 0.353. The van der Waals surface area contributed by atoms with E-state index in [-0.39, 0.29) is 18.1 Å². The van der Waals surface area contributed by atoms with Gasteiger partial charge in [-0.3, -0.25) is 4.79 Å². The van der Waals surface area contributed by atoms with E-state index < -0.39 is 0 Å². The molecule has 1 aliphatic rings. The van der Waals surface area contributed by atoms with Gasteiger partial charge in [0.2, 0.25) is 5.95 Å². The van der Waals surface area contributed by atoms with Gasteiger partial charge in [0.15, 0.2) is 0 Å². The third kappa shape index (κ3) is 3.77. The number of benzene rings is 1. The molecule has 1 aliphatic heterocycles. The van der Waals surface area contributed by atoms with Gasteiger partial charge in [-0.15, -0.1) is 0 Å². The van der Waals surface area contributed by atoms with Crippen LogP contribution in [0.1, 0.15) is 24.2 Å². The summed E-state index contributed by atoms with van der Waals surface area (Å²) in [7, 11) is 0. The van der Waals surface area contributed by atoms with E-state index >= 15 is 0 Å². The van der Waals surface area contributed by atoms with Gasteiger partial charge in [0.05, 0.1) is 12.1 Å². The molecule has 23 heavy (non-hydrogen) atoms. The summed E-state index contributed by atoms with van der Waals surface area (Å²) >= 11 is 0. The number of ether oxygens (including phenoxy) is 1. The van der Waals surface area contributed by atoms with Crippen molar-refractivity contribution in [2.75, 3.05) is 18.4 Å². The zero-order chi connectivity index (χ0) is 16.2. The number of carbonyl (C=O) groups is 1. The number of carbonyl (C=O) groups excluding carboxylic acids is 1. The second-order valence-electron chi connectivity index (χ2n) is 5.81. The van der Waals surface area contributed by atoms with Crippen molar-refractivity contribution >= 4 is 11.9 Å². The molecule has 1 N–H and O–H groups in total. The Balaban J connectivity index is 1.52. The second kappa shape index (κ2) is 6.64. The molecule has 0 aliphatic carbocycles. The highest BCUT2D eigenvalue weighted by Crippen LogP contribution is 2.19. The molecule has 1 aromatic carbocycles. The first-order valence-corrected chi connectivity index (χ1v) is 7.71. The van der Waals surface area contributed by atoms with E-state index in [0.29, 0.717) is 24.6 Å². The van der Waals surface area contributed by atoms with E-state index in [0.717, 1.165) is 5.75 Å². The third-order valence-corrected chi connectivity index (χ3v) is 3.54. The molecule has 0 spiro atoms. The van der Waals surface area contributed by atoms with Gasteiger partial charge in [-0.1, -0.05) is 0 Å². The first-order chi connectivity index (χ1) is 11.1. The van der Waals surface area contributed by atoms with Crippen LogP contribution in [0.15, 0.2) is 42.7 Å². The smallest absolute Gasteiger partial charge is 0.254 e. The van der Waals surface area contributed by atoms with Crippen LogP contribution < -0.4 is 10.1 Å². The maximum absolute atomic E-state index is 12.4. The van der Waals surface area contributed by atoms with Crippen LogP contribution in [0, 0.1) is 0 Å². The topological polar surface area (TPSA) is 67.3 Å². The molecule has 0 bridgehead atoms. The van der Waals surface area contributed by atoms with Crippen molar-refractivity contribution in [2.45, 2.75) is 26.0 Å². The third-order valence-electron chi connectivity index (χ3n) is 3.54. The fourth-order valence-electron chi connectivity index (χ4n) is 2.42. The molecule has 2 heterocycles. The highest BCUT2D eigenvalue weighted by atomic mass is 16.5. The van der Waals surface area contributed by atoms with E-state index in [1.807, 2.05) is 26.0 Å². The average molecular weight is 312 g/mol. The molecule has 0 unspecified atom stereocenters. The molecule has 0 atom stereocenters. The Bertz CT molecular complexity index is 652. The van der Waals surface area contributed by atoms with Crippen molar-refractivity contribution in [1.29, 1.82) is 0 Å². The summed E-state index contributed by atoms with van der Waals surface area (Å²) in [5.41, 5.74) is 0.676. The average Bonchev–Trinajstić information content (AvgIpc) is 2.51. The van der Waals surface area contributed by atoms with Crippen LogP contribution in [0.5, 0.6) is 5.75 Å². The maximum atomic E-state index is 12.4. The minimum atomic E-state index is 0.0353. The molecule has 120 valence electrons. The summed E-state index contributed by atoms with van der Waals surface area (Å²) in [5, 5.41) is 3.21. The second-order valence-corrected chi connectivity index (χ2v) is 5.81. The predicted molar refractivity (Wildman–Crippen MR) is 87.6 cm³/mol. The molecule has 1 amide bonds. The molecular formula is C17H20N4O2. The minimum absolute atomic E-state index is 0.0353. The summed E-state index contributed by atoms with van der Waals surface area (Å²) in [6.45, 7) is 5.26. The number of nitrogens with one attached hydrogen (secondary N) is 1. The van der Waals surface area contributed by atoms with Gasteiger partial charge >= 0.3 is 0 Å². The molecule has 3 rings (SSSR count). The molecule has 0 saturated carbocycles. The number of nitrogens with zero attached hydrogens (tertiary/aromatic N) is 3. The van der Waals surface area contributed by atoms with Crippen LogP contribution in [0.2, 0.25) is 0 Å². The lowest BCUT2D eigenvalue weighted by Gasteiger charge is -2.39. The number of likely N-dealkylation sites (tertiary alicyclic amines) is 1. The van der Waals surface area contributed by atoms with Crippen LogP contribution >= 0.6 is 0 Å². The van der Waals surface area contributed by atoms with Gasteiger partial charge in [-0.2, -0.15) is 0 Å². The number of rotatable bonds is 5. The highest BCUT2D eigenvalue weighted by molar-refractivity contribution is 5.95. The number of aromatic nitrogens is 2. The molecule has 1 fully saturated rings. The predicted octanol–water partition coefficient (Wildman–Crippen LogP) is 2.20. The van der Waals surface area contributed by atoms with Crippen LogP contribution in [-0.4, -0.2) is 46.0 Å². The van der Waals surface area contributed by atoms with Crippen molar-refractivity contribution in [3.05, 3.63) is 48.3 Å². The lowest BCUT2D eigenvalue weighted by Crippen LogP contribution is -2.57. The highest BCUT2D eigenvalue weighted by Gasteiger charge is 2.31. The first kappa shape index (κ1) is 15.3. The van der Waals surface area contributed by atoms with E-state index in [1.54, 1.807) is 35.5 Å². The minimum Gasteiger partial charge on any atom is -0.491 e. The number of anilines is 1. The SMILES string of the molecule is CC(C)Oc1ccc(C(=O)N2CC(Nc3ncccn3)C2)cc1. The van der Waals surface area contributed by atoms with Crippen molar-refractivity contribution < 1.29 is 9.53 Å². The van der Waals surface area contributed by atoms with Crippen LogP contribution in [0.3, 0.4) is 0 Å². The van der Waals surface area contributed by atoms with Crippen molar-refractivity contribution in [3.8, 4) is 5.75 Å². The Hall–Kier alpha value is -2.63. The summed E-state index contributed by atoms with van der Waals surface area (Å²) in [4.78, 5) is 22.4. The van der Waals surface area contributed by atoms with E-state index in [2.05, 4.69) is 15.3 Å². The molecule has 6 heteroatoms. The largest absolute Gasteiger partial charge is 0.491 e. The van der Waals surface area contributed by atoms with Crippen LogP contribution in [-0.2, 0) is 0 Å². The van der Waals surface area contributed by atoms with Gasteiger partial charge in [0, 0.05) is 31.0 Å². The Morgan fingerprint density at radius 3 is 2.48 bits per heavy atom. The van der Waals surface area contributed by atoms with Gasteiger partial charge in [0.25, 0.3) is 5.91 Å². The lowest BCUT2D eigenvalue weighted by atomic mass is 10.1. The molecule has 0 radical (unpaired) electrons. The standard InChI is InChI=1S/C17H20N4O2/c1-12(2)23-15-6-4-13(5-7-15)16(22)21-10-14(11-21)20-17-18-8-3-9-19-17/h3-9,12,14H,10-11H2,1-2H3,(H,18,19,20). The van der Waals surface area contributed by atoms with Gasteiger partial charge < -0.3 is 15.0 Å². The number of hydrogen-bond acceptors (Lipinski definition) is 5. The van der Waals surface area contributed by atoms with Crippen LogP contribution in [0.4, 0.5) is 5.95 Å². The van der Waals surface area contributed by atoms with E-state index in [1.165, 1.54) is 0 Å². The zero-order valence-corrected chi connectivity index (χ0v) is 13.3. The molecule has 1 aromatic heterocycles. The van der Waals surface area contributed by atoms with Gasteiger partial charge in [-0.05, 0) is 44.2 Å². The monoisotopic (exact) mass is 312 g/mol. The molecule has 6 nitrogen and oxygen atoms in total. The summed E-state index contributed by atoms with van der Waals surface area (Å²) in [6, 6.07) is 9.25. The zero-order valence-electron chi connectivity index (χ0n) is 13.3. The van der Waals surface area contributed by atoms with Gasteiger partial charge in [0.1, 0.15) is 5.75 Å².